The van der Waals surface area contributed by atoms with E-state index in [1.165, 1.54) is 0 Å². The molecule has 4 aromatic rings. The number of pyridine rings is 2. The summed E-state index contributed by atoms with van der Waals surface area (Å²) in [5.74, 6) is 1.92. The number of anilines is 2. The molecule has 35 heavy (non-hydrogen) atoms. The van der Waals surface area contributed by atoms with Crippen LogP contribution in [0.25, 0.3) is 11.3 Å². The molecule has 2 aromatic heterocycles. The zero-order valence-corrected chi connectivity index (χ0v) is 19.3. The molecule has 3 heterocycles. The zero-order chi connectivity index (χ0) is 24.0. The van der Waals surface area contributed by atoms with Gasteiger partial charge >= 0.3 is 0 Å². The van der Waals surface area contributed by atoms with Gasteiger partial charge in [0.1, 0.15) is 18.9 Å². The molecule has 0 spiro atoms. The number of nitrogens with one attached hydrogen (secondary N) is 3. The van der Waals surface area contributed by atoms with E-state index in [9.17, 15) is 4.79 Å². The Hall–Kier alpha value is -4.30. The van der Waals surface area contributed by atoms with E-state index in [4.69, 9.17) is 19.2 Å². The molecule has 0 atom stereocenters. The molecule has 0 amide bonds. The SMILES string of the molecule is COc1nc(-c2cccc3c2OCCO3)ccc1Nc1ccc(CNCc2cc[nH]c(=O)c2)cc1. The topological polar surface area (TPSA) is 97.5 Å². The molecule has 0 unspecified atom stereocenters. The van der Waals surface area contributed by atoms with Crippen LogP contribution in [-0.2, 0) is 13.1 Å². The quantitative estimate of drug-likeness (QED) is 0.354. The third-order valence-corrected chi connectivity index (χ3v) is 5.63. The Balaban J connectivity index is 1.26. The Bertz CT molecular complexity index is 1370. The Kier molecular flexibility index (Phi) is 6.63. The van der Waals surface area contributed by atoms with E-state index in [1.54, 1.807) is 19.4 Å². The molecule has 0 fully saturated rings. The Morgan fingerprint density at radius 3 is 2.63 bits per heavy atom. The molecule has 178 valence electrons. The van der Waals surface area contributed by atoms with E-state index in [-0.39, 0.29) is 5.56 Å². The molecule has 0 bridgehead atoms. The van der Waals surface area contributed by atoms with Crippen molar-refractivity contribution in [2.24, 2.45) is 0 Å². The molecule has 8 heteroatoms. The van der Waals surface area contributed by atoms with Crippen LogP contribution >= 0.6 is 0 Å². The van der Waals surface area contributed by atoms with Gasteiger partial charge in [-0.05, 0) is 53.6 Å². The van der Waals surface area contributed by atoms with Crippen molar-refractivity contribution in [2.75, 3.05) is 25.6 Å². The number of fused-ring (bicyclic) bond motifs is 1. The predicted molar refractivity (Wildman–Crippen MR) is 135 cm³/mol. The van der Waals surface area contributed by atoms with E-state index in [0.29, 0.717) is 37.9 Å². The van der Waals surface area contributed by atoms with E-state index in [1.807, 2.05) is 48.5 Å². The number of ether oxygens (including phenoxy) is 3. The van der Waals surface area contributed by atoms with Crippen LogP contribution in [0.3, 0.4) is 0 Å². The highest BCUT2D eigenvalue weighted by Gasteiger charge is 2.18. The number of methoxy groups -OCH3 is 1. The van der Waals surface area contributed by atoms with E-state index >= 15 is 0 Å². The lowest BCUT2D eigenvalue weighted by Gasteiger charge is -2.21. The number of hydrogen-bond acceptors (Lipinski definition) is 7. The number of rotatable bonds is 8. The fraction of sp³-hybridized carbons (Fsp3) is 0.185. The maximum atomic E-state index is 11.4. The van der Waals surface area contributed by atoms with Gasteiger partial charge in [0, 0.05) is 36.6 Å². The minimum absolute atomic E-state index is 0.0943. The molecule has 0 saturated heterocycles. The normalized spacial score (nSPS) is 12.3. The lowest BCUT2D eigenvalue weighted by molar-refractivity contribution is 0.172. The first-order valence-corrected chi connectivity index (χ1v) is 11.4. The molecule has 3 N–H and O–H groups in total. The number of benzene rings is 2. The summed E-state index contributed by atoms with van der Waals surface area (Å²) in [6.07, 6.45) is 1.66. The molecule has 1 aliphatic heterocycles. The van der Waals surface area contributed by atoms with Crippen LogP contribution in [0.2, 0.25) is 0 Å². The maximum Gasteiger partial charge on any atom is 0.248 e. The third-order valence-electron chi connectivity index (χ3n) is 5.63. The molecule has 8 nitrogen and oxygen atoms in total. The Morgan fingerprint density at radius 1 is 0.971 bits per heavy atom. The van der Waals surface area contributed by atoms with Crippen molar-refractivity contribution in [3.8, 4) is 28.6 Å². The molecular formula is C27H26N4O4. The van der Waals surface area contributed by atoms with Gasteiger partial charge in [-0.1, -0.05) is 18.2 Å². The van der Waals surface area contributed by atoms with Crippen LogP contribution in [-0.4, -0.2) is 30.3 Å². The lowest BCUT2D eigenvalue weighted by atomic mass is 10.1. The highest BCUT2D eigenvalue weighted by molar-refractivity contribution is 5.74. The minimum Gasteiger partial charge on any atom is -0.486 e. The van der Waals surface area contributed by atoms with Crippen molar-refractivity contribution in [1.82, 2.24) is 15.3 Å². The van der Waals surface area contributed by atoms with E-state index in [2.05, 4.69) is 27.8 Å². The molecule has 0 saturated carbocycles. The number of hydrogen-bond donors (Lipinski definition) is 3. The Morgan fingerprint density at radius 2 is 1.80 bits per heavy atom. The first-order valence-electron chi connectivity index (χ1n) is 11.4. The smallest absolute Gasteiger partial charge is 0.248 e. The van der Waals surface area contributed by atoms with Crippen LogP contribution in [0.1, 0.15) is 11.1 Å². The van der Waals surface area contributed by atoms with Crippen LogP contribution in [0.4, 0.5) is 11.4 Å². The van der Waals surface area contributed by atoms with E-state index in [0.717, 1.165) is 39.5 Å². The average molecular weight is 471 g/mol. The standard InChI is InChI=1S/C27H26N4O4/c1-33-27-23(10-9-22(31-27)21-3-2-4-24-26(21)35-14-13-34-24)30-20-7-5-18(6-8-20)16-28-17-19-11-12-29-25(32)15-19/h2-12,15,28,30H,13-14,16-17H2,1H3,(H,29,32). The average Bonchev–Trinajstić information content (AvgIpc) is 2.90. The van der Waals surface area contributed by atoms with Crippen LogP contribution in [0.15, 0.2) is 77.7 Å². The molecule has 5 rings (SSSR count). The van der Waals surface area contributed by atoms with E-state index < -0.39 is 0 Å². The molecule has 0 radical (unpaired) electrons. The molecule has 1 aliphatic rings. The van der Waals surface area contributed by atoms with Gasteiger partial charge in [-0.2, -0.15) is 0 Å². The van der Waals surface area contributed by atoms with Gasteiger partial charge < -0.3 is 29.8 Å². The van der Waals surface area contributed by atoms with Crippen molar-refractivity contribution in [3.05, 3.63) is 94.4 Å². The number of para-hydroxylation sites is 1. The number of nitrogens with zero attached hydrogens (tertiary/aromatic N) is 1. The summed E-state index contributed by atoms with van der Waals surface area (Å²) in [6.45, 7) is 2.37. The number of aromatic nitrogens is 2. The van der Waals surface area contributed by atoms with Crippen molar-refractivity contribution in [1.29, 1.82) is 0 Å². The summed E-state index contributed by atoms with van der Waals surface area (Å²) in [5.41, 5.74) is 5.29. The summed E-state index contributed by atoms with van der Waals surface area (Å²) >= 11 is 0. The fourth-order valence-corrected chi connectivity index (χ4v) is 3.93. The third kappa shape index (κ3) is 5.28. The summed E-state index contributed by atoms with van der Waals surface area (Å²) < 4.78 is 17.1. The summed E-state index contributed by atoms with van der Waals surface area (Å²) in [5, 5.41) is 6.73. The number of H-pyrrole nitrogens is 1. The largest absolute Gasteiger partial charge is 0.486 e. The zero-order valence-electron chi connectivity index (χ0n) is 19.3. The van der Waals surface area contributed by atoms with Crippen molar-refractivity contribution in [2.45, 2.75) is 13.1 Å². The lowest BCUT2D eigenvalue weighted by Crippen LogP contribution is -2.16. The second-order valence-corrected chi connectivity index (χ2v) is 8.07. The summed E-state index contributed by atoms with van der Waals surface area (Å²) in [6, 6.07) is 21.3. The highest BCUT2D eigenvalue weighted by atomic mass is 16.6. The first kappa shape index (κ1) is 22.5. The van der Waals surface area contributed by atoms with Crippen LogP contribution in [0, 0.1) is 0 Å². The van der Waals surface area contributed by atoms with Gasteiger partial charge in [0.25, 0.3) is 0 Å². The van der Waals surface area contributed by atoms with Gasteiger partial charge in [-0.25, -0.2) is 4.98 Å². The molecule has 0 aliphatic carbocycles. The predicted octanol–water partition coefficient (Wildman–Crippen LogP) is 4.25. The van der Waals surface area contributed by atoms with Crippen molar-refractivity contribution < 1.29 is 14.2 Å². The summed E-state index contributed by atoms with van der Waals surface area (Å²) in [7, 11) is 1.60. The summed E-state index contributed by atoms with van der Waals surface area (Å²) in [4.78, 5) is 18.7. The maximum absolute atomic E-state index is 11.4. The van der Waals surface area contributed by atoms with Gasteiger partial charge in [0.2, 0.25) is 11.4 Å². The monoisotopic (exact) mass is 470 g/mol. The van der Waals surface area contributed by atoms with Crippen molar-refractivity contribution in [3.63, 3.8) is 0 Å². The fourth-order valence-electron chi connectivity index (χ4n) is 3.93. The van der Waals surface area contributed by atoms with Crippen LogP contribution in [0.5, 0.6) is 17.4 Å². The molecular weight excluding hydrogens is 444 g/mol. The van der Waals surface area contributed by atoms with Gasteiger partial charge in [0.15, 0.2) is 11.5 Å². The second-order valence-electron chi connectivity index (χ2n) is 8.07. The van der Waals surface area contributed by atoms with Gasteiger partial charge in [0.05, 0.1) is 12.8 Å². The Labute approximate surface area is 202 Å². The van der Waals surface area contributed by atoms with Crippen LogP contribution < -0.4 is 30.4 Å². The minimum atomic E-state index is -0.0943. The van der Waals surface area contributed by atoms with Crippen molar-refractivity contribution >= 4 is 11.4 Å². The second kappa shape index (κ2) is 10.3. The first-order chi connectivity index (χ1) is 17.2. The highest BCUT2D eigenvalue weighted by Crippen LogP contribution is 2.40. The molecule has 2 aromatic carbocycles. The van der Waals surface area contributed by atoms with Gasteiger partial charge in [-0.3, -0.25) is 4.79 Å². The number of aromatic amines is 1. The van der Waals surface area contributed by atoms with Gasteiger partial charge in [-0.15, -0.1) is 0 Å².